The van der Waals surface area contributed by atoms with Gasteiger partial charge in [-0.1, -0.05) is 13.8 Å². The van der Waals surface area contributed by atoms with Crippen molar-refractivity contribution in [3.05, 3.63) is 0 Å². The Morgan fingerprint density at radius 1 is 0.962 bits per heavy atom. The second-order valence-electron chi connectivity index (χ2n) is 7.38. The first-order valence-corrected chi connectivity index (χ1v) is 8.53. The van der Waals surface area contributed by atoms with Gasteiger partial charge < -0.3 is 18.9 Å². The Balaban J connectivity index is 3.41. The maximum atomic E-state index is 12.0. The van der Waals surface area contributed by atoms with E-state index in [1.807, 2.05) is 13.8 Å². The molecule has 0 bridgehead atoms. The highest BCUT2D eigenvalue weighted by molar-refractivity contribution is 5.72. The summed E-state index contributed by atoms with van der Waals surface area (Å²) in [5.74, 6) is -2.30. The van der Waals surface area contributed by atoms with Crippen LogP contribution in [0.25, 0.3) is 0 Å². The van der Waals surface area contributed by atoms with E-state index in [1.165, 1.54) is 27.7 Å². The fourth-order valence-corrected chi connectivity index (χ4v) is 3.13. The van der Waals surface area contributed by atoms with Crippen LogP contribution in [0.5, 0.6) is 0 Å². The predicted molar refractivity (Wildman–Crippen MR) is 89.8 cm³/mol. The highest BCUT2D eigenvalue weighted by Crippen LogP contribution is 2.47. The lowest BCUT2D eigenvalue weighted by atomic mass is 9.66. The first-order chi connectivity index (χ1) is 11.8. The second kappa shape index (κ2) is 8.05. The molecular formula is C18H28O8. The molecular weight excluding hydrogens is 344 g/mol. The Hall–Kier alpha value is -2.12. The molecule has 8 heteroatoms. The Morgan fingerprint density at radius 3 is 1.92 bits per heavy atom. The van der Waals surface area contributed by atoms with Crippen molar-refractivity contribution in [1.82, 2.24) is 0 Å². The highest BCUT2D eigenvalue weighted by Gasteiger charge is 2.59. The molecule has 0 aromatic heterocycles. The number of rotatable bonds is 6. The SMILES string of the molecule is CC(=O)O[C@@H]([C@H](C)OC(C)=O)[C@H](OC(C)=O)[C@@]1(C)OC(=O)CCC1(C)C. The molecule has 1 aliphatic heterocycles. The van der Waals surface area contributed by atoms with Gasteiger partial charge in [-0.3, -0.25) is 19.2 Å². The van der Waals surface area contributed by atoms with Crippen molar-refractivity contribution in [2.24, 2.45) is 5.41 Å². The summed E-state index contributed by atoms with van der Waals surface area (Å²) in [6.45, 7) is 10.5. The second-order valence-corrected chi connectivity index (χ2v) is 7.38. The minimum Gasteiger partial charge on any atom is -0.459 e. The van der Waals surface area contributed by atoms with Gasteiger partial charge in [-0.15, -0.1) is 0 Å². The molecule has 1 rings (SSSR count). The zero-order valence-electron chi connectivity index (χ0n) is 16.4. The average Bonchev–Trinajstić information content (AvgIpc) is 2.46. The molecule has 0 aromatic carbocycles. The number of hydrogen-bond donors (Lipinski definition) is 0. The maximum Gasteiger partial charge on any atom is 0.306 e. The molecule has 0 aliphatic carbocycles. The van der Waals surface area contributed by atoms with Gasteiger partial charge in [0.25, 0.3) is 0 Å². The summed E-state index contributed by atoms with van der Waals surface area (Å²) < 4.78 is 21.6. The molecule has 0 saturated carbocycles. The van der Waals surface area contributed by atoms with Gasteiger partial charge in [0.1, 0.15) is 6.10 Å². The van der Waals surface area contributed by atoms with Gasteiger partial charge in [0.2, 0.25) is 0 Å². The summed E-state index contributed by atoms with van der Waals surface area (Å²) in [6.07, 6.45) is -2.50. The maximum absolute atomic E-state index is 12.0. The molecule has 0 N–H and O–H groups in total. The molecule has 0 amide bonds. The van der Waals surface area contributed by atoms with Crippen molar-refractivity contribution in [3.63, 3.8) is 0 Å². The topological polar surface area (TPSA) is 105 Å². The van der Waals surface area contributed by atoms with E-state index in [4.69, 9.17) is 18.9 Å². The number of carbonyl (C=O) groups is 4. The van der Waals surface area contributed by atoms with Gasteiger partial charge in [0.15, 0.2) is 17.8 Å². The van der Waals surface area contributed by atoms with Gasteiger partial charge >= 0.3 is 23.9 Å². The molecule has 1 aliphatic rings. The summed E-state index contributed by atoms with van der Waals surface area (Å²) in [5.41, 5.74) is -1.88. The zero-order valence-corrected chi connectivity index (χ0v) is 16.4. The summed E-state index contributed by atoms with van der Waals surface area (Å²) in [5, 5.41) is 0. The smallest absolute Gasteiger partial charge is 0.306 e. The number of hydrogen-bond acceptors (Lipinski definition) is 8. The van der Waals surface area contributed by atoms with E-state index >= 15 is 0 Å². The summed E-state index contributed by atoms with van der Waals surface area (Å²) in [7, 11) is 0. The van der Waals surface area contributed by atoms with E-state index in [0.29, 0.717) is 6.42 Å². The number of ether oxygens (including phenoxy) is 4. The molecule has 8 nitrogen and oxygen atoms in total. The first kappa shape index (κ1) is 21.9. The lowest BCUT2D eigenvalue weighted by molar-refractivity contribution is -0.242. The van der Waals surface area contributed by atoms with E-state index in [1.54, 1.807) is 6.92 Å². The fourth-order valence-electron chi connectivity index (χ4n) is 3.13. The lowest BCUT2D eigenvalue weighted by Gasteiger charge is -2.51. The van der Waals surface area contributed by atoms with Gasteiger partial charge in [-0.2, -0.15) is 0 Å². The fraction of sp³-hybridized carbons (Fsp3) is 0.778. The molecule has 0 spiro atoms. The standard InChI is InChI=1S/C18H28O8/c1-10(23-11(2)19)15(24-12(3)20)16(25-13(4)21)18(7)17(5,6)9-8-14(22)26-18/h10,15-16H,8-9H2,1-7H3/t10-,15-,16-,18+/m0/s1. The van der Waals surface area contributed by atoms with E-state index in [-0.39, 0.29) is 6.42 Å². The van der Waals surface area contributed by atoms with Crippen LogP contribution >= 0.6 is 0 Å². The van der Waals surface area contributed by atoms with Crippen LogP contribution in [-0.2, 0) is 38.1 Å². The largest absolute Gasteiger partial charge is 0.459 e. The quantitative estimate of drug-likeness (QED) is 0.514. The van der Waals surface area contributed by atoms with Crippen LogP contribution in [-0.4, -0.2) is 47.8 Å². The molecule has 1 fully saturated rings. The van der Waals surface area contributed by atoms with Crippen molar-refractivity contribution < 1.29 is 38.1 Å². The van der Waals surface area contributed by atoms with E-state index in [2.05, 4.69) is 0 Å². The third-order valence-electron chi connectivity index (χ3n) is 4.87. The van der Waals surface area contributed by atoms with E-state index < -0.39 is 53.2 Å². The molecule has 148 valence electrons. The minimum absolute atomic E-state index is 0.229. The van der Waals surface area contributed by atoms with Gasteiger partial charge in [0, 0.05) is 32.6 Å². The molecule has 0 radical (unpaired) electrons. The van der Waals surface area contributed by atoms with Crippen molar-refractivity contribution in [3.8, 4) is 0 Å². The molecule has 26 heavy (non-hydrogen) atoms. The normalized spacial score (nSPS) is 25.3. The average molecular weight is 372 g/mol. The van der Waals surface area contributed by atoms with Crippen molar-refractivity contribution in [2.75, 3.05) is 0 Å². The summed E-state index contributed by atoms with van der Waals surface area (Å²) >= 11 is 0. The van der Waals surface area contributed by atoms with Crippen LogP contribution in [0.2, 0.25) is 0 Å². The van der Waals surface area contributed by atoms with Gasteiger partial charge in [-0.25, -0.2) is 0 Å². The third-order valence-corrected chi connectivity index (χ3v) is 4.87. The third kappa shape index (κ3) is 4.95. The monoisotopic (exact) mass is 372 g/mol. The Kier molecular flexibility index (Phi) is 6.79. The molecule has 0 unspecified atom stereocenters. The van der Waals surface area contributed by atoms with Crippen LogP contribution in [0.1, 0.15) is 61.3 Å². The van der Waals surface area contributed by atoms with Crippen LogP contribution in [0.4, 0.5) is 0 Å². The predicted octanol–water partition coefficient (Wildman–Crippen LogP) is 1.92. The van der Waals surface area contributed by atoms with Crippen LogP contribution in [0.3, 0.4) is 0 Å². The highest BCUT2D eigenvalue weighted by atomic mass is 16.6. The van der Waals surface area contributed by atoms with Crippen molar-refractivity contribution in [2.45, 2.75) is 85.2 Å². The molecule has 4 atom stereocenters. The van der Waals surface area contributed by atoms with Crippen LogP contribution in [0.15, 0.2) is 0 Å². The molecule has 0 aromatic rings. The Labute approximate surface area is 153 Å². The van der Waals surface area contributed by atoms with E-state index in [9.17, 15) is 19.2 Å². The van der Waals surface area contributed by atoms with Crippen molar-refractivity contribution in [1.29, 1.82) is 0 Å². The summed E-state index contributed by atoms with van der Waals surface area (Å²) in [6, 6.07) is 0. The Morgan fingerprint density at radius 2 is 1.46 bits per heavy atom. The summed E-state index contributed by atoms with van der Waals surface area (Å²) in [4.78, 5) is 46.8. The number of cyclic esters (lactones) is 1. The molecule has 1 heterocycles. The van der Waals surface area contributed by atoms with Crippen LogP contribution in [0, 0.1) is 5.41 Å². The minimum atomic E-state index is -1.29. The number of carbonyl (C=O) groups excluding carboxylic acids is 4. The molecule has 1 saturated heterocycles. The Bertz CT molecular complexity index is 582. The van der Waals surface area contributed by atoms with E-state index in [0.717, 1.165) is 0 Å². The zero-order chi connectivity index (χ0) is 20.3. The number of esters is 4. The van der Waals surface area contributed by atoms with Crippen molar-refractivity contribution >= 4 is 23.9 Å². The van der Waals surface area contributed by atoms with Gasteiger partial charge in [0.05, 0.1) is 0 Å². The first-order valence-electron chi connectivity index (χ1n) is 8.53. The lowest BCUT2D eigenvalue weighted by Crippen LogP contribution is -2.64. The van der Waals surface area contributed by atoms with Gasteiger partial charge in [-0.05, 0) is 20.3 Å². The van der Waals surface area contributed by atoms with Crippen LogP contribution < -0.4 is 0 Å².